The highest BCUT2D eigenvalue weighted by atomic mass is 16.5. The molecule has 1 fully saturated rings. The Balaban J connectivity index is 2.28. The predicted molar refractivity (Wildman–Crippen MR) is 74.3 cm³/mol. The van der Waals surface area contributed by atoms with Crippen molar-refractivity contribution < 1.29 is 9.53 Å². The number of methoxy groups -OCH3 is 1. The number of ether oxygens (including phenoxy) is 1. The number of rotatable bonds is 2. The number of aromatic nitrogens is 1. The highest BCUT2D eigenvalue weighted by Gasteiger charge is 2.24. The minimum absolute atomic E-state index is 0.374. The van der Waals surface area contributed by atoms with Crippen LogP contribution in [0, 0.1) is 0 Å². The maximum atomic E-state index is 11.6. The number of hydrogen-bond donors (Lipinski definition) is 1. The zero-order valence-electron chi connectivity index (χ0n) is 11.6. The maximum absolute atomic E-state index is 11.6. The predicted octanol–water partition coefficient (Wildman–Crippen LogP) is 0.591. The molecule has 0 spiro atoms. The Hall–Kier alpha value is -1.82. The van der Waals surface area contributed by atoms with Gasteiger partial charge in [-0.15, -0.1) is 0 Å². The molecule has 0 bridgehead atoms. The monoisotopic (exact) mass is 264 g/mol. The molecule has 6 heteroatoms. The van der Waals surface area contributed by atoms with Crippen LogP contribution in [0.4, 0.5) is 11.5 Å². The van der Waals surface area contributed by atoms with Crippen molar-refractivity contribution >= 4 is 17.5 Å². The zero-order valence-corrected chi connectivity index (χ0v) is 11.6. The van der Waals surface area contributed by atoms with Crippen molar-refractivity contribution in [3.63, 3.8) is 0 Å². The molecular formula is C13H20N4O2. The molecular weight excluding hydrogens is 244 g/mol. The minimum Gasteiger partial charge on any atom is -0.465 e. The van der Waals surface area contributed by atoms with Gasteiger partial charge in [0, 0.05) is 31.9 Å². The number of carbonyl (C=O) groups excluding carboxylic acids is 1. The molecule has 0 aromatic carbocycles. The second-order valence-electron chi connectivity index (χ2n) is 4.86. The lowest BCUT2D eigenvalue weighted by Gasteiger charge is -2.38. The maximum Gasteiger partial charge on any atom is 0.340 e. The first kappa shape index (κ1) is 13.6. The lowest BCUT2D eigenvalue weighted by atomic mass is 10.1. The lowest BCUT2D eigenvalue weighted by Crippen LogP contribution is -2.50. The van der Waals surface area contributed by atoms with E-state index in [2.05, 4.69) is 28.8 Å². The Labute approximate surface area is 113 Å². The number of likely N-dealkylation sites (N-methyl/N-ethyl adjacent to an activating group) is 1. The van der Waals surface area contributed by atoms with Crippen LogP contribution >= 0.6 is 0 Å². The number of nitrogens with zero attached hydrogens (tertiary/aromatic N) is 3. The normalized spacial score (nSPS) is 20.4. The highest BCUT2D eigenvalue weighted by Crippen LogP contribution is 2.26. The average Bonchev–Trinajstić information content (AvgIpc) is 2.41. The molecule has 1 atom stereocenters. The third-order valence-electron chi connectivity index (χ3n) is 3.63. The van der Waals surface area contributed by atoms with Crippen molar-refractivity contribution in [2.45, 2.75) is 13.0 Å². The van der Waals surface area contributed by atoms with Crippen molar-refractivity contribution in [1.82, 2.24) is 9.88 Å². The number of esters is 1. The van der Waals surface area contributed by atoms with Crippen molar-refractivity contribution in [3.05, 3.63) is 17.8 Å². The van der Waals surface area contributed by atoms with E-state index < -0.39 is 5.97 Å². The molecule has 1 unspecified atom stereocenters. The van der Waals surface area contributed by atoms with E-state index in [1.54, 1.807) is 12.3 Å². The van der Waals surface area contributed by atoms with E-state index in [-0.39, 0.29) is 0 Å². The Morgan fingerprint density at radius 2 is 2.26 bits per heavy atom. The Morgan fingerprint density at radius 3 is 2.89 bits per heavy atom. The van der Waals surface area contributed by atoms with Gasteiger partial charge in [-0.2, -0.15) is 0 Å². The molecule has 19 heavy (non-hydrogen) atoms. The number of nitrogens with two attached hydrogens (primary N) is 1. The van der Waals surface area contributed by atoms with Crippen LogP contribution in [0.25, 0.3) is 0 Å². The summed E-state index contributed by atoms with van der Waals surface area (Å²) in [7, 11) is 3.45. The number of nitrogen functional groups attached to an aromatic ring is 1. The van der Waals surface area contributed by atoms with Crippen LogP contribution in [0.15, 0.2) is 12.3 Å². The quantitative estimate of drug-likeness (QED) is 0.788. The standard InChI is InChI=1S/C13H20N4O2/c1-9-8-17(7-6-16(9)2)12-11(14)10(4-5-15-12)13(18)19-3/h4-5,9H,6-8,14H2,1-3H3. The van der Waals surface area contributed by atoms with Gasteiger partial charge in [-0.25, -0.2) is 9.78 Å². The highest BCUT2D eigenvalue weighted by molar-refractivity contribution is 5.97. The Bertz CT molecular complexity index is 478. The van der Waals surface area contributed by atoms with Crippen molar-refractivity contribution in [2.24, 2.45) is 0 Å². The van der Waals surface area contributed by atoms with E-state index in [0.717, 1.165) is 19.6 Å². The van der Waals surface area contributed by atoms with Crippen LogP contribution < -0.4 is 10.6 Å². The molecule has 1 aromatic rings. The molecule has 0 amide bonds. The van der Waals surface area contributed by atoms with Gasteiger partial charge in [0.15, 0.2) is 5.82 Å². The SMILES string of the molecule is COC(=O)c1ccnc(N2CCN(C)C(C)C2)c1N. The van der Waals surface area contributed by atoms with Crippen LogP contribution in [0.2, 0.25) is 0 Å². The topological polar surface area (TPSA) is 71.7 Å². The van der Waals surface area contributed by atoms with E-state index in [9.17, 15) is 4.79 Å². The summed E-state index contributed by atoms with van der Waals surface area (Å²) in [5, 5.41) is 0. The van der Waals surface area contributed by atoms with E-state index >= 15 is 0 Å². The van der Waals surface area contributed by atoms with E-state index in [0.29, 0.717) is 23.1 Å². The molecule has 6 nitrogen and oxygen atoms in total. The molecule has 2 heterocycles. The summed E-state index contributed by atoms with van der Waals surface area (Å²) in [5.41, 5.74) is 6.82. The molecule has 2 N–H and O–H groups in total. The van der Waals surface area contributed by atoms with Gasteiger partial charge in [0.2, 0.25) is 0 Å². The fourth-order valence-corrected chi connectivity index (χ4v) is 2.24. The van der Waals surface area contributed by atoms with Crippen LogP contribution in [-0.2, 0) is 4.74 Å². The van der Waals surface area contributed by atoms with E-state index in [1.807, 2.05) is 0 Å². The number of hydrogen-bond acceptors (Lipinski definition) is 6. The summed E-state index contributed by atoms with van der Waals surface area (Å²) in [4.78, 5) is 20.3. The summed E-state index contributed by atoms with van der Waals surface area (Å²) in [5.74, 6) is 0.242. The summed E-state index contributed by atoms with van der Waals surface area (Å²) >= 11 is 0. The van der Waals surface area contributed by atoms with Crippen LogP contribution in [0.5, 0.6) is 0 Å². The molecule has 0 aliphatic carbocycles. The molecule has 1 aromatic heterocycles. The number of carbonyl (C=O) groups is 1. The van der Waals surface area contributed by atoms with Crippen molar-refractivity contribution in [3.8, 4) is 0 Å². The first-order chi connectivity index (χ1) is 9.04. The molecule has 0 radical (unpaired) electrons. The molecule has 2 rings (SSSR count). The van der Waals surface area contributed by atoms with Gasteiger partial charge >= 0.3 is 5.97 Å². The number of pyridine rings is 1. The van der Waals surface area contributed by atoms with E-state index in [1.165, 1.54) is 7.11 Å². The van der Waals surface area contributed by atoms with Crippen molar-refractivity contribution in [2.75, 3.05) is 44.4 Å². The molecule has 1 aliphatic heterocycles. The Morgan fingerprint density at radius 1 is 1.53 bits per heavy atom. The second-order valence-corrected chi connectivity index (χ2v) is 4.86. The average molecular weight is 264 g/mol. The van der Waals surface area contributed by atoms with Gasteiger partial charge in [-0.05, 0) is 20.0 Å². The van der Waals surface area contributed by atoms with Gasteiger partial charge in [-0.1, -0.05) is 0 Å². The smallest absolute Gasteiger partial charge is 0.340 e. The molecule has 0 saturated carbocycles. The second kappa shape index (κ2) is 5.44. The summed E-state index contributed by atoms with van der Waals surface area (Å²) < 4.78 is 4.72. The zero-order chi connectivity index (χ0) is 14.0. The van der Waals surface area contributed by atoms with Crippen LogP contribution in [0.3, 0.4) is 0 Å². The first-order valence-corrected chi connectivity index (χ1v) is 6.32. The van der Waals surface area contributed by atoms with Gasteiger partial charge in [0.25, 0.3) is 0 Å². The third kappa shape index (κ3) is 2.63. The largest absolute Gasteiger partial charge is 0.465 e. The number of anilines is 2. The lowest BCUT2D eigenvalue weighted by molar-refractivity contribution is 0.0602. The number of piperazine rings is 1. The fraction of sp³-hybridized carbons (Fsp3) is 0.538. The third-order valence-corrected chi connectivity index (χ3v) is 3.63. The van der Waals surface area contributed by atoms with Gasteiger partial charge < -0.3 is 20.3 Å². The van der Waals surface area contributed by atoms with Crippen molar-refractivity contribution in [1.29, 1.82) is 0 Å². The van der Waals surface area contributed by atoms with Crippen LogP contribution in [-0.4, -0.2) is 55.7 Å². The van der Waals surface area contributed by atoms with Gasteiger partial charge in [0.05, 0.1) is 18.4 Å². The summed E-state index contributed by atoms with van der Waals surface area (Å²) in [6.45, 7) is 4.80. The fourth-order valence-electron chi connectivity index (χ4n) is 2.24. The molecule has 1 saturated heterocycles. The minimum atomic E-state index is -0.427. The summed E-state index contributed by atoms with van der Waals surface area (Å²) in [6.07, 6.45) is 1.60. The van der Waals surface area contributed by atoms with Gasteiger partial charge in [0.1, 0.15) is 0 Å². The first-order valence-electron chi connectivity index (χ1n) is 6.32. The van der Waals surface area contributed by atoms with Crippen LogP contribution in [0.1, 0.15) is 17.3 Å². The molecule has 1 aliphatic rings. The van der Waals surface area contributed by atoms with E-state index in [4.69, 9.17) is 10.5 Å². The summed E-state index contributed by atoms with van der Waals surface area (Å²) in [6, 6.07) is 2.01. The molecule has 104 valence electrons. The Kier molecular flexibility index (Phi) is 3.90. The van der Waals surface area contributed by atoms with Gasteiger partial charge in [-0.3, -0.25) is 0 Å².